The van der Waals surface area contributed by atoms with E-state index in [2.05, 4.69) is 167 Å². The van der Waals surface area contributed by atoms with Crippen LogP contribution in [0.4, 0.5) is 0 Å². The molecule has 0 bridgehead atoms. The lowest BCUT2D eigenvalue weighted by molar-refractivity contribution is -0.161. The van der Waals surface area contributed by atoms with Gasteiger partial charge in [0.15, 0.2) is 6.10 Å². The molecule has 0 rings (SSSR count). The van der Waals surface area contributed by atoms with Crippen LogP contribution in [-0.2, 0) is 55.8 Å². The normalized spacial score (nSPS) is 14.7. The van der Waals surface area contributed by atoms with Gasteiger partial charge in [-0.2, -0.15) is 0 Å². The first-order chi connectivity index (χ1) is 50.2. The van der Waals surface area contributed by atoms with E-state index in [0.717, 1.165) is 167 Å². The van der Waals surface area contributed by atoms with Crippen LogP contribution in [0, 0.1) is 0 Å². The van der Waals surface area contributed by atoms with E-state index in [1.54, 1.807) is 0 Å². The molecule has 0 radical (unpaired) electrons. The van der Waals surface area contributed by atoms with E-state index in [1.165, 1.54) is 89.9 Å². The molecule has 0 heterocycles. The molecule has 0 aromatic rings. The molecule has 4 N–H and O–H groups in total. The Bertz CT molecular complexity index is 2450. The van der Waals surface area contributed by atoms with Crippen molar-refractivity contribution in [3.8, 4) is 0 Å². The first-order valence-electron chi connectivity index (χ1n) is 40.1. The minimum Gasteiger partial charge on any atom is -0.463 e. The number of phosphoric acid groups is 2. The monoisotopic (exact) mass is 1480 g/mol. The number of carbonyl (C=O) groups excluding carboxylic acids is 3. The van der Waals surface area contributed by atoms with Crippen LogP contribution in [-0.4, -0.2) is 95.9 Å². The van der Waals surface area contributed by atoms with Crippen LogP contribution in [0.3, 0.4) is 0 Å². The maximum Gasteiger partial charge on any atom is 0.472 e. The molecule has 0 saturated heterocycles. The van der Waals surface area contributed by atoms with Crippen LogP contribution in [0.5, 0.6) is 0 Å². The van der Waals surface area contributed by atoms with Crippen molar-refractivity contribution >= 4 is 33.6 Å². The van der Waals surface area contributed by atoms with E-state index in [0.29, 0.717) is 19.3 Å². The third-order valence-electron chi connectivity index (χ3n) is 16.5. The Hall–Kier alpha value is -4.57. The Morgan fingerprint density at radius 2 is 0.515 bits per heavy atom. The van der Waals surface area contributed by atoms with Crippen molar-refractivity contribution in [3.63, 3.8) is 0 Å². The lowest BCUT2D eigenvalue weighted by Crippen LogP contribution is -2.30. The van der Waals surface area contributed by atoms with Gasteiger partial charge >= 0.3 is 33.6 Å². The van der Waals surface area contributed by atoms with Crippen molar-refractivity contribution in [2.45, 2.75) is 334 Å². The lowest BCUT2D eigenvalue weighted by atomic mass is 10.0. The number of unbranched alkanes of at least 4 members (excludes halogenated alkanes) is 28. The first kappa shape index (κ1) is 98.4. The zero-order valence-corrected chi connectivity index (χ0v) is 66.2. The average molecular weight is 1480 g/mol. The number of esters is 3. The summed E-state index contributed by atoms with van der Waals surface area (Å²) in [6.07, 6.45) is 94.5. The summed E-state index contributed by atoms with van der Waals surface area (Å²) in [4.78, 5) is 58.7. The number of allylic oxidation sites excluding steroid dienone is 24. The molecule has 0 aromatic carbocycles. The second-order valence-corrected chi connectivity index (χ2v) is 29.4. The van der Waals surface area contributed by atoms with Gasteiger partial charge in [0.2, 0.25) is 0 Å². The van der Waals surface area contributed by atoms with Crippen molar-refractivity contribution in [2.75, 3.05) is 39.6 Å². The summed E-state index contributed by atoms with van der Waals surface area (Å²) in [6, 6.07) is 0. The third-order valence-corrected chi connectivity index (χ3v) is 18.4. The molecule has 590 valence electrons. The van der Waals surface area contributed by atoms with Crippen LogP contribution in [0.2, 0.25) is 0 Å². The highest BCUT2D eigenvalue weighted by Crippen LogP contribution is 2.45. The third kappa shape index (κ3) is 78.3. The lowest BCUT2D eigenvalue weighted by Gasteiger charge is -2.21. The Morgan fingerprint density at radius 1 is 0.282 bits per heavy atom. The second-order valence-electron chi connectivity index (χ2n) is 26.5. The van der Waals surface area contributed by atoms with Crippen molar-refractivity contribution < 1.29 is 75.8 Å². The summed E-state index contributed by atoms with van der Waals surface area (Å²) in [6.45, 7) is 2.48. The highest BCUT2D eigenvalue weighted by atomic mass is 31.2. The molecule has 16 nitrogen and oxygen atoms in total. The quantitative estimate of drug-likeness (QED) is 0.0146. The van der Waals surface area contributed by atoms with Gasteiger partial charge in [0, 0.05) is 19.3 Å². The molecule has 0 saturated carbocycles. The van der Waals surface area contributed by atoms with Crippen LogP contribution in [0.25, 0.3) is 0 Å². The van der Waals surface area contributed by atoms with Gasteiger partial charge in [-0.05, 0) is 148 Å². The first-order valence-corrected chi connectivity index (χ1v) is 43.1. The van der Waals surface area contributed by atoms with Crippen LogP contribution in [0.1, 0.15) is 316 Å². The van der Waals surface area contributed by atoms with E-state index in [-0.39, 0.29) is 19.3 Å². The largest absolute Gasteiger partial charge is 0.472 e. The maximum absolute atomic E-state index is 13.0. The smallest absolute Gasteiger partial charge is 0.463 e. The summed E-state index contributed by atoms with van der Waals surface area (Å²) in [7, 11) is -9.81. The Labute approximate surface area is 626 Å². The summed E-state index contributed by atoms with van der Waals surface area (Å²) < 4.78 is 61.2. The molecule has 0 aliphatic rings. The summed E-state index contributed by atoms with van der Waals surface area (Å²) in [5, 5.41) is 20.7. The summed E-state index contributed by atoms with van der Waals surface area (Å²) in [5.41, 5.74) is 0. The number of hydrogen-bond donors (Lipinski definition) is 4. The average Bonchev–Trinajstić information content (AvgIpc) is 0.936. The Morgan fingerprint density at radius 3 is 0.816 bits per heavy atom. The van der Waals surface area contributed by atoms with E-state index in [1.807, 2.05) is 0 Å². The van der Waals surface area contributed by atoms with E-state index in [4.69, 9.17) is 32.3 Å². The van der Waals surface area contributed by atoms with E-state index < -0.39 is 91.5 Å². The maximum atomic E-state index is 13.0. The molecule has 0 aliphatic carbocycles. The van der Waals surface area contributed by atoms with Crippen LogP contribution < -0.4 is 0 Å². The number of ether oxygens (including phenoxy) is 3. The topological polar surface area (TPSA) is 231 Å². The van der Waals surface area contributed by atoms with Crippen molar-refractivity contribution in [2.24, 2.45) is 0 Å². The van der Waals surface area contributed by atoms with E-state index >= 15 is 0 Å². The van der Waals surface area contributed by atoms with Crippen LogP contribution in [0.15, 0.2) is 146 Å². The molecule has 5 unspecified atom stereocenters. The minimum absolute atomic E-state index is 0.0810. The molecule has 5 atom stereocenters. The zero-order chi connectivity index (χ0) is 75.2. The number of carbonyl (C=O) groups is 3. The highest BCUT2D eigenvalue weighted by molar-refractivity contribution is 7.47. The van der Waals surface area contributed by atoms with Gasteiger partial charge in [0.05, 0.1) is 26.4 Å². The standard InChI is InChI=1S/C85H144O16P2/c1-4-7-10-13-16-19-22-25-28-31-34-36-37-38-39-40-41-43-46-47-50-53-56-59-62-65-68-71-83(88)95-74-80(86)75-97-102(91,92)98-76-81(87)77-99-103(93,94)100-79-82(101-85(90)73-70-67-64-61-58-55-52-49-44-33-30-27-24-21-18-15-12-9-6-3)78-96-84(89)72-69-66-63-60-57-54-51-48-45-42-35-32-29-26-23-20-17-14-11-8-5-2/h8,11,16-21,25-30,34-36,38-39,42,44,48-49,51,80-82,86-87H,4-7,9-10,12-15,22-24,31-33,37,40-41,43,45-47,50,52-79H2,1-3H3,(H,91,92)(H,93,94)/b11-8-,19-16-,20-17-,21-18-,28-25-,29-26-,30-27-,36-34-,39-38-,42-35-,49-44-,51-48-. The molecule has 103 heavy (non-hydrogen) atoms. The molecule has 0 aromatic heterocycles. The second kappa shape index (κ2) is 77.1. The fourth-order valence-corrected chi connectivity index (χ4v) is 12.0. The molecule has 0 amide bonds. The van der Waals surface area contributed by atoms with Crippen molar-refractivity contribution in [1.82, 2.24) is 0 Å². The van der Waals surface area contributed by atoms with Gasteiger partial charge in [-0.25, -0.2) is 9.13 Å². The molecule has 18 heteroatoms. The number of rotatable bonds is 75. The van der Waals surface area contributed by atoms with Gasteiger partial charge in [-0.3, -0.25) is 32.5 Å². The molecule has 0 fully saturated rings. The summed E-state index contributed by atoms with van der Waals surface area (Å²) in [5.74, 6) is -1.62. The fraction of sp³-hybridized carbons (Fsp3) is 0.682. The SMILES string of the molecule is CC/C=C\C/C=C\C/C=C\C/C=C\C/C=C\CCCCCCCC(=O)OCC(COP(=O)(O)OCC(O)COP(=O)(O)OCC(O)COC(=O)CCCCCCCCCCCCC/C=C\C/C=C\C/C=C\C/C=C\CCCCC)OC(=O)CCCCCCCC/C=C\C/C=C\C/C=C\CCCCC. The predicted molar refractivity (Wildman–Crippen MR) is 426 cm³/mol. The molecular formula is C85H144O16P2. The van der Waals surface area contributed by atoms with Gasteiger partial charge < -0.3 is 34.2 Å². The van der Waals surface area contributed by atoms with Crippen molar-refractivity contribution in [1.29, 1.82) is 0 Å². The van der Waals surface area contributed by atoms with Gasteiger partial charge in [0.25, 0.3) is 0 Å². The van der Waals surface area contributed by atoms with Crippen LogP contribution >= 0.6 is 15.6 Å². The fourth-order valence-electron chi connectivity index (χ4n) is 10.4. The van der Waals surface area contributed by atoms with Gasteiger partial charge in [-0.15, -0.1) is 0 Å². The molecule has 0 spiro atoms. The zero-order valence-electron chi connectivity index (χ0n) is 64.4. The highest BCUT2D eigenvalue weighted by Gasteiger charge is 2.29. The van der Waals surface area contributed by atoms with Gasteiger partial charge in [-0.1, -0.05) is 295 Å². The van der Waals surface area contributed by atoms with E-state index in [9.17, 15) is 43.5 Å². The van der Waals surface area contributed by atoms with Crippen molar-refractivity contribution in [3.05, 3.63) is 146 Å². The number of aliphatic hydroxyl groups is 2. The number of hydrogen-bond acceptors (Lipinski definition) is 14. The molecule has 0 aliphatic heterocycles. The predicted octanol–water partition coefficient (Wildman–Crippen LogP) is 23.7. The Kier molecular flexibility index (Phi) is 73.6. The molecular weight excluding hydrogens is 1340 g/mol. The summed E-state index contributed by atoms with van der Waals surface area (Å²) >= 11 is 0. The number of phosphoric ester groups is 2. The Balaban J connectivity index is 4.65. The van der Waals surface area contributed by atoms with Gasteiger partial charge in [0.1, 0.15) is 25.4 Å². The number of aliphatic hydroxyl groups excluding tert-OH is 2. The minimum atomic E-state index is -4.95.